The molecule has 3 rings (SSSR count). The topological polar surface area (TPSA) is 102 Å². The maximum Gasteiger partial charge on any atom is 0.327 e. The first-order chi connectivity index (χ1) is 11.6. The van der Waals surface area contributed by atoms with Crippen molar-refractivity contribution in [3.05, 3.63) is 52.8 Å². The smallest absolute Gasteiger partial charge is 0.327 e. The third-order valence-electron chi connectivity index (χ3n) is 3.48. The lowest BCUT2D eigenvalue weighted by Gasteiger charge is -2.08. The van der Waals surface area contributed by atoms with Crippen molar-refractivity contribution >= 4 is 17.1 Å². The Morgan fingerprint density at radius 2 is 2.12 bits per heavy atom. The van der Waals surface area contributed by atoms with E-state index in [1.807, 2.05) is 31.2 Å². The van der Waals surface area contributed by atoms with Gasteiger partial charge in [0.15, 0.2) is 12.3 Å². The van der Waals surface area contributed by atoms with E-state index in [9.17, 15) is 9.59 Å². The van der Waals surface area contributed by atoms with Gasteiger partial charge in [-0.15, -0.1) is 0 Å². The van der Waals surface area contributed by atoms with Gasteiger partial charge in [0.1, 0.15) is 17.6 Å². The Balaban J connectivity index is 1.50. The van der Waals surface area contributed by atoms with Crippen molar-refractivity contribution in [2.45, 2.75) is 13.5 Å². The van der Waals surface area contributed by atoms with Crippen molar-refractivity contribution in [2.24, 2.45) is 0 Å². The zero-order chi connectivity index (χ0) is 16.9. The van der Waals surface area contributed by atoms with Gasteiger partial charge in [-0.05, 0) is 19.1 Å². The number of ether oxygens (including phenoxy) is 1. The van der Waals surface area contributed by atoms with Gasteiger partial charge in [0.25, 0.3) is 5.91 Å². The van der Waals surface area contributed by atoms with Crippen molar-refractivity contribution < 1.29 is 9.53 Å². The van der Waals surface area contributed by atoms with Crippen LogP contribution in [0.1, 0.15) is 5.56 Å². The largest absolute Gasteiger partial charge is 0.484 e. The summed E-state index contributed by atoms with van der Waals surface area (Å²) in [5, 5.41) is 2.71. The molecule has 8 nitrogen and oxygen atoms in total. The minimum absolute atomic E-state index is 0.0754. The van der Waals surface area contributed by atoms with E-state index in [0.29, 0.717) is 30.0 Å². The summed E-state index contributed by atoms with van der Waals surface area (Å²) in [6.45, 7) is 2.52. The van der Waals surface area contributed by atoms with Crippen LogP contribution < -0.4 is 15.7 Å². The number of H-pyrrole nitrogens is 1. The lowest BCUT2D eigenvalue weighted by atomic mass is 10.2. The molecule has 124 valence electrons. The van der Waals surface area contributed by atoms with Crippen LogP contribution >= 0.6 is 0 Å². The molecular weight excluding hydrogens is 310 g/mol. The number of imidazole rings is 1. The molecule has 1 aromatic carbocycles. The van der Waals surface area contributed by atoms with E-state index in [1.165, 1.54) is 17.1 Å². The number of aromatic amines is 1. The van der Waals surface area contributed by atoms with Crippen LogP contribution in [0.25, 0.3) is 11.2 Å². The molecule has 0 fully saturated rings. The molecule has 24 heavy (non-hydrogen) atoms. The molecule has 1 amide bonds. The lowest BCUT2D eigenvalue weighted by Crippen LogP contribution is -2.33. The second kappa shape index (κ2) is 6.95. The third kappa shape index (κ3) is 3.60. The highest BCUT2D eigenvalue weighted by Crippen LogP contribution is 2.10. The summed E-state index contributed by atoms with van der Waals surface area (Å²) in [5.41, 5.74) is 1.92. The first kappa shape index (κ1) is 15.7. The highest BCUT2D eigenvalue weighted by molar-refractivity contribution is 5.77. The molecule has 0 spiro atoms. The number of hydrogen-bond acceptors (Lipinski definition) is 5. The van der Waals surface area contributed by atoms with Gasteiger partial charge in [0.05, 0.1) is 6.20 Å². The molecule has 0 bridgehead atoms. The normalized spacial score (nSPS) is 10.7. The molecule has 0 aliphatic rings. The van der Waals surface area contributed by atoms with Crippen LogP contribution in [-0.4, -0.2) is 38.6 Å². The summed E-state index contributed by atoms with van der Waals surface area (Å²) in [6.07, 6.45) is 2.91. The molecule has 0 saturated carbocycles. The SMILES string of the molecule is Cc1ccc(OCC(=O)NCCn2c(=O)[nH]c3cncnc32)cc1. The number of carbonyl (C=O) groups is 1. The van der Waals surface area contributed by atoms with Gasteiger partial charge in [-0.2, -0.15) is 0 Å². The van der Waals surface area contributed by atoms with E-state index in [4.69, 9.17) is 4.74 Å². The van der Waals surface area contributed by atoms with Crippen LogP contribution in [0.15, 0.2) is 41.6 Å². The lowest BCUT2D eigenvalue weighted by molar-refractivity contribution is -0.123. The molecule has 0 saturated heterocycles. The van der Waals surface area contributed by atoms with Crippen LogP contribution in [-0.2, 0) is 11.3 Å². The van der Waals surface area contributed by atoms with Crippen molar-refractivity contribution in [1.82, 2.24) is 24.8 Å². The summed E-state index contributed by atoms with van der Waals surface area (Å²) in [7, 11) is 0. The predicted octanol–water partition coefficient (Wildman–Crippen LogP) is 0.623. The number of nitrogens with one attached hydrogen (secondary N) is 2. The van der Waals surface area contributed by atoms with Crippen molar-refractivity contribution in [2.75, 3.05) is 13.2 Å². The van der Waals surface area contributed by atoms with E-state index in [1.54, 1.807) is 0 Å². The number of hydrogen-bond donors (Lipinski definition) is 2. The Morgan fingerprint density at radius 1 is 1.33 bits per heavy atom. The number of benzene rings is 1. The molecule has 2 N–H and O–H groups in total. The molecule has 0 radical (unpaired) electrons. The van der Waals surface area contributed by atoms with Crippen molar-refractivity contribution in [3.63, 3.8) is 0 Å². The van der Waals surface area contributed by atoms with E-state index in [-0.39, 0.29) is 18.2 Å². The van der Waals surface area contributed by atoms with Crippen molar-refractivity contribution in [1.29, 1.82) is 0 Å². The summed E-state index contributed by atoms with van der Waals surface area (Å²) in [4.78, 5) is 34.2. The van der Waals surface area contributed by atoms with E-state index in [2.05, 4.69) is 20.3 Å². The van der Waals surface area contributed by atoms with Gasteiger partial charge in [0.2, 0.25) is 0 Å². The average Bonchev–Trinajstić information content (AvgIpc) is 2.90. The van der Waals surface area contributed by atoms with E-state index >= 15 is 0 Å². The summed E-state index contributed by atoms with van der Waals surface area (Å²) < 4.78 is 6.85. The standard InChI is InChI=1S/C16H17N5O3/c1-11-2-4-12(5-3-11)24-9-14(22)18-6-7-21-15-13(20-16(21)23)8-17-10-19-15/h2-5,8,10H,6-7,9H2,1H3,(H,18,22)(H,20,23). The fourth-order valence-corrected chi connectivity index (χ4v) is 2.25. The van der Waals surface area contributed by atoms with Gasteiger partial charge in [0, 0.05) is 13.1 Å². The molecule has 0 unspecified atom stereocenters. The van der Waals surface area contributed by atoms with Gasteiger partial charge >= 0.3 is 5.69 Å². The Kier molecular flexibility index (Phi) is 4.55. The third-order valence-corrected chi connectivity index (χ3v) is 3.48. The average molecular weight is 327 g/mol. The first-order valence-corrected chi connectivity index (χ1v) is 7.48. The Labute approximate surface area is 137 Å². The van der Waals surface area contributed by atoms with Crippen LogP contribution in [0.3, 0.4) is 0 Å². The number of fused-ring (bicyclic) bond motifs is 1. The first-order valence-electron chi connectivity index (χ1n) is 7.48. The predicted molar refractivity (Wildman–Crippen MR) is 87.8 cm³/mol. The van der Waals surface area contributed by atoms with Gasteiger partial charge < -0.3 is 15.0 Å². The quantitative estimate of drug-likeness (QED) is 0.691. The summed E-state index contributed by atoms with van der Waals surface area (Å²) in [5.74, 6) is 0.387. The molecule has 2 aromatic heterocycles. The highest BCUT2D eigenvalue weighted by Gasteiger charge is 2.08. The maximum atomic E-state index is 11.9. The molecule has 8 heteroatoms. The highest BCUT2D eigenvalue weighted by atomic mass is 16.5. The van der Waals surface area contributed by atoms with Crippen LogP contribution in [0.2, 0.25) is 0 Å². The summed E-state index contributed by atoms with van der Waals surface area (Å²) in [6, 6.07) is 7.46. The van der Waals surface area contributed by atoms with Gasteiger partial charge in [-0.1, -0.05) is 17.7 Å². The second-order valence-electron chi connectivity index (χ2n) is 5.29. The van der Waals surface area contributed by atoms with Crippen molar-refractivity contribution in [3.8, 4) is 5.75 Å². The zero-order valence-corrected chi connectivity index (χ0v) is 13.2. The molecule has 2 heterocycles. The van der Waals surface area contributed by atoms with Crippen LogP contribution in [0.4, 0.5) is 0 Å². The number of aromatic nitrogens is 4. The fourth-order valence-electron chi connectivity index (χ4n) is 2.25. The van der Waals surface area contributed by atoms with Gasteiger partial charge in [-0.25, -0.2) is 14.8 Å². The number of amides is 1. The molecule has 3 aromatic rings. The number of rotatable bonds is 6. The van der Waals surface area contributed by atoms with Crippen LogP contribution in [0, 0.1) is 6.92 Å². The van der Waals surface area contributed by atoms with Gasteiger partial charge in [-0.3, -0.25) is 9.36 Å². The van der Waals surface area contributed by atoms with E-state index < -0.39 is 0 Å². The van der Waals surface area contributed by atoms with E-state index in [0.717, 1.165) is 5.56 Å². The Bertz CT molecular complexity index is 898. The minimum atomic E-state index is -0.282. The molecule has 0 atom stereocenters. The maximum absolute atomic E-state index is 11.9. The van der Waals surface area contributed by atoms with Crippen LogP contribution in [0.5, 0.6) is 5.75 Å². The number of aryl methyl sites for hydroxylation is 1. The molecule has 0 aliphatic heterocycles. The minimum Gasteiger partial charge on any atom is -0.484 e. The number of carbonyl (C=O) groups excluding carboxylic acids is 1. The fraction of sp³-hybridized carbons (Fsp3) is 0.250. The Hall–Kier alpha value is -3.16. The molecular formula is C16H17N5O3. The second-order valence-corrected chi connectivity index (χ2v) is 5.29. The molecule has 0 aliphatic carbocycles. The monoisotopic (exact) mass is 327 g/mol. The zero-order valence-electron chi connectivity index (χ0n) is 13.2. The summed E-state index contributed by atoms with van der Waals surface area (Å²) >= 11 is 0. The Morgan fingerprint density at radius 3 is 2.92 bits per heavy atom. The number of nitrogens with zero attached hydrogens (tertiary/aromatic N) is 3.